The molecule has 0 saturated carbocycles. The zero-order chi connectivity index (χ0) is 18.0. The maximum Gasteiger partial charge on any atom is 0.251 e. The Labute approximate surface area is 152 Å². The highest BCUT2D eigenvalue weighted by Gasteiger charge is 2.29. The second-order valence-electron chi connectivity index (χ2n) is 6.85. The second-order valence-corrected chi connectivity index (χ2v) is 7.91. The molecule has 2 N–H and O–H groups in total. The van der Waals surface area contributed by atoms with Crippen LogP contribution in [0, 0.1) is 20.8 Å². The summed E-state index contributed by atoms with van der Waals surface area (Å²) in [4.78, 5) is 19.2. The van der Waals surface area contributed by atoms with Crippen LogP contribution < -0.4 is 5.32 Å². The van der Waals surface area contributed by atoms with Crippen LogP contribution in [-0.2, 0) is 6.54 Å². The van der Waals surface area contributed by atoms with Gasteiger partial charge in [0.25, 0.3) is 5.91 Å². The smallest absolute Gasteiger partial charge is 0.251 e. The van der Waals surface area contributed by atoms with Crippen molar-refractivity contribution < 1.29 is 9.90 Å². The van der Waals surface area contributed by atoms with E-state index in [-0.39, 0.29) is 11.9 Å². The van der Waals surface area contributed by atoms with Crippen molar-refractivity contribution in [2.75, 3.05) is 13.1 Å². The summed E-state index contributed by atoms with van der Waals surface area (Å²) in [5, 5.41) is 16.6. The molecule has 1 fully saturated rings. The molecule has 0 unspecified atom stereocenters. The lowest BCUT2D eigenvalue weighted by Gasteiger charge is -2.36. The van der Waals surface area contributed by atoms with Crippen LogP contribution in [0.3, 0.4) is 0 Å². The zero-order valence-corrected chi connectivity index (χ0v) is 15.8. The zero-order valence-electron chi connectivity index (χ0n) is 15.0. The summed E-state index contributed by atoms with van der Waals surface area (Å²) in [5.41, 5.74) is 3.75. The molecule has 5 nitrogen and oxygen atoms in total. The van der Waals surface area contributed by atoms with E-state index in [0.29, 0.717) is 12.1 Å². The third-order valence-corrected chi connectivity index (χ3v) is 5.49. The molecule has 6 heteroatoms. The van der Waals surface area contributed by atoms with Crippen molar-refractivity contribution in [2.45, 2.75) is 45.9 Å². The third kappa shape index (κ3) is 4.45. The predicted molar refractivity (Wildman–Crippen MR) is 99.9 cm³/mol. The first-order chi connectivity index (χ1) is 11.9. The van der Waals surface area contributed by atoms with E-state index >= 15 is 0 Å². The number of aromatic nitrogens is 1. The van der Waals surface area contributed by atoms with E-state index in [2.05, 4.69) is 20.6 Å². The van der Waals surface area contributed by atoms with Crippen LogP contribution in [-0.4, -0.2) is 46.1 Å². The predicted octanol–water partition coefficient (Wildman–Crippen LogP) is 2.43. The molecular formula is C19H25N3O2S. The molecule has 1 amide bonds. The van der Waals surface area contributed by atoms with Crippen molar-refractivity contribution in [3.63, 3.8) is 0 Å². The largest absolute Gasteiger partial charge is 0.390 e. The Morgan fingerprint density at radius 2 is 2.20 bits per heavy atom. The van der Waals surface area contributed by atoms with Crippen molar-refractivity contribution in [1.82, 2.24) is 15.2 Å². The highest BCUT2D eigenvalue weighted by molar-refractivity contribution is 7.09. The number of hydrogen-bond donors (Lipinski definition) is 2. The number of thiazole rings is 1. The van der Waals surface area contributed by atoms with Crippen LogP contribution in [0.25, 0.3) is 0 Å². The fourth-order valence-electron chi connectivity index (χ4n) is 3.25. The van der Waals surface area contributed by atoms with Crippen LogP contribution in [0.15, 0.2) is 23.6 Å². The molecule has 0 radical (unpaired) electrons. The molecular weight excluding hydrogens is 334 g/mol. The van der Waals surface area contributed by atoms with Gasteiger partial charge in [0.2, 0.25) is 0 Å². The minimum Gasteiger partial charge on any atom is -0.390 e. The minimum atomic E-state index is -0.567. The Balaban J connectivity index is 1.58. The lowest BCUT2D eigenvalue weighted by atomic mass is 9.99. The van der Waals surface area contributed by atoms with Crippen molar-refractivity contribution in [1.29, 1.82) is 0 Å². The third-order valence-electron chi connectivity index (χ3n) is 4.67. The van der Waals surface area contributed by atoms with Gasteiger partial charge in [-0.3, -0.25) is 9.69 Å². The first-order valence-electron chi connectivity index (χ1n) is 8.62. The SMILES string of the molecule is Cc1ccc(C)c(C(=O)N[C@@H]2CCN(Cc3csc(C)n3)C[C@H]2O)c1. The first-order valence-corrected chi connectivity index (χ1v) is 9.50. The topological polar surface area (TPSA) is 65.5 Å². The highest BCUT2D eigenvalue weighted by Crippen LogP contribution is 2.17. The van der Waals surface area contributed by atoms with Gasteiger partial charge >= 0.3 is 0 Å². The standard InChI is InChI=1S/C19H25N3O2S/c1-12-4-5-13(2)16(8-12)19(24)21-17-6-7-22(10-18(17)23)9-15-11-25-14(3)20-15/h4-5,8,11,17-18,23H,6-7,9-10H2,1-3H3,(H,21,24)/t17-,18-/m1/s1. The Morgan fingerprint density at radius 1 is 1.40 bits per heavy atom. The molecule has 25 heavy (non-hydrogen) atoms. The number of piperidine rings is 1. The molecule has 1 aliphatic heterocycles. The molecule has 1 aromatic heterocycles. The average molecular weight is 359 g/mol. The van der Waals surface area contributed by atoms with Crippen LogP contribution in [0.2, 0.25) is 0 Å². The summed E-state index contributed by atoms with van der Waals surface area (Å²) >= 11 is 1.65. The molecule has 0 bridgehead atoms. The van der Waals surface area contributed by atoms with Gasteiger partial charge in [0.15, 0.2) is 0 Å². The molecule has 0 aliphatic carbocycles. The number of nitrogens with one attached hydrogen (secondary N) is 1. The van der Waals surface area contributed by atoms with Gasteiger partial charge in [-0.05, 0) is 38.8 Å². The molecule has 1 saturated heterocycles. The van der Waals surface area contributed by atoms with Gasteiger partial charge in [-0.15, -0.1) is 11.3 Å². The van der Waals surface area contributed by atoms with E-state index < -0.39 is 6.10 Å². The van der Waals surface area contributed by atoms with Crippen molar-refractivity contribution in [2.24, 2.45) is 0 Å². The van der Waals surface area contributed by atoms with E-state index in [1.54, 1.807) is 11.3 Å². The van der Waals surface area contributed by atoms with Crippen LogP contribution in [0.4, 0.5) is 0 Å². The Hall–Kier alpha value is -1.76. The fraction of sp³-hybridized carbons (Fsp3) is 0.474. The van der Waals surface area contributed by atoms with E-state index in [1.807, 2.05) is 39.0 Å². The monoisotopic (exact) mass is 359 g/mol. The quantitative estimate of drug-likeness (QED) is 0.880. The minimum absolute atomic E-state index is 0.103. The maximum atomic E-state index is 12.6. The van der Waals surface area contributed by atoms with Crippen LogP contribution in [0.1, 0.15) is 38.6 Å². The first kappa shape index (κ1) is 18.0. The number of aryl methyl sites for hydroxylation is 3. The number of benzene rings is 1. The van der Waals surface area contributed by atoms with Gasteiger partial charge in [-0.25, -0.2) is 4.98 Å². The maximum absolute atomic E-state index is 12.6. The summed E-state index contributed by atoms with van der Waals surface area (Å²) < 4.78 is 0. The second kappa shape index (κ2) is 7.64. The van der Waals surface area contributed by atoms with Crippen molar-refractivity contribution >= 4 is 17.2 Å². The number of likely N-dealkylation sites (tertiary alicyclic amines) is 1. The van der Waals surface area contributed by atoms with Crippen molar-refractivity contribution in [3.05, 3.63) is 51.0 Å². The molecule has 2 atom stereocenters. The van der Waals surface area contributed by atoms with Gasteiger partial charge in [0, 0.05) is 30.6 Å². The number of rotatable bonds is 4. The van der Waals surface area contributed by atoms with Gasteiger partial charge < -0.3 is 10.4 Å². The lowest BCUT2D eigenvalue weighted by Crippen LogP contribution is -2.53. The lowest BCUT2D eigenvalue weighted by molar-refractivity contribution is 0.0345. The number of carbonyl (C=O) groups excluding carboxylic acids is 1. The summed E-state index contributed by atoms with van der Waals surface area (Å²) in [6, 6.07) is 5.65. The van der Waals surface area contributed by atoms with E-state index in [0.717, 1.165) is 41.3 Å². The number of nitrogens with zero attached hydrogens (tertiary/aromatic N) is 2. The van der Waals surface area contributed by atoms with Gasteiger partial charge in [-0.1, -0.05) is 17.7 Å². The Kier molecular flexibility index (Phi) is 5.51. The summed E-state index contributed by atoms with van der Waals surface area (Å²) in [6.45, 7) is 8.05. The molecule has 1 aromatic carbocycles. The molecule has 2 heterocycles. The summed E-state index contributed by atoms with van der Waals surface area (Å²) in [5.74, 6) is -0.103. The van der Waals surface area contributed by atoms with Crippen LogP contribution >= 0.6 is 11.3 Å². The number of amides is 1. The highest BCUT2D eigenvalue weighted by atomic mass is 32.1. The Bertz CT molecular complexity index is 759. The van der Waals surface area contributed by atoms with Gasteiger partial charge in [0.1, 0.15) is 0 Å². The van der Waals surface area contributed by atoms with E-state index in [4.69, 9.17) is 0 Å². The number of hydrogen-bond acceptors (Lipinski definition) is 5. The van der Waals surface area contributed by atoms with Crippen molar-refractivity contribution in [3.8, 4) is 0 Å². The Morgan fingerprint density at radius 3 is 2.88 bits per heavy atom. The molecule has 1 aliphatic rings. The number of β-amino-alcohol motifs (C(OH)–C–C–N with tert-alkyl or cyclic N) is 1. The fourth-order valence-corrected chi connectivity index (χ4v) is 3.85. The summed E-state index contributed by atoms with van der Waals surface area (Å²) in [7, 11) is 0. The number of aliphatic hydroxyl groups excluding tert-OH is 1. The molecule has 3 rings (SSSR count). The summed E-state index contributed by atoms with van der Waals surface area (Å²) in [6.07, 6.45) is 0.170. The number of aliphatic hydroxyl groups is 1. The van der Waals surface area contributed by atoms with Crippen LogP contribution in [0.5, 0.6) is 0 Å². The van der Waals surface area contributed by atoms with Gasteiger partial charge in [0.05, 0.1) is 22.8 Å². The molecule has 0 spiro atoms. The average Bonchev–Trinajstić information content (AvgIpc) is 2.97. The van der Waals surface area contributed by atoms with E-state index in [1.165, 1.54) is 0 Å². The molecule has 2 aromatic rings. The van der Waals surface area contributed by atoms with Gasteiger partial charge in [-0.2, -0.15) is 0 Å². The number of carbonyl (C=O) groups is 1. The van der Waals surface area contributed by atoms with E-state index in [9.17, 15) is 9.90 Å². The molecule has 134 valence electrons. The normalized spacial score (nSPS) is 21.3.